The lowest BCUT2D eigenvalue weighted by atomic mass is 10.1. The number of aryl methyl sites for hydroxylation is 1. The molecule has 0 saturated carbocycles. The van der Waals surface area contributed by atoms with Gasteiger partial charge in [-0.25, -0.2) is 0 Å². The molecule has 0 saturated heterocycles. The highest BCUT2D eigenvalue weighted by Gasteiger charge is 2.19. The van der Waals surface area contributed by atoms with Crippen LogP contribution in [0, 0.1) is 13.8 Å². The Morgan fingerprint density at radius 3 is 2.62 bits per heavy atom. The summed E-state index contributed by atoms with van der Waals surface area (Å²) in [6.45, 7) is 6.71. The third-order valence-electron chi connectivity index (χ3n) is 4.74. The number of aromatic nitrogens is 1. The van der Waals surface area contributed by atoms with Crippen LogP contribution in [-0.4, -0.2) is 30.7 Å². The number of hydrogen-bond donors (Lipinski definition) is 0. The van der Waals surface area contributed by atoms with Crippen LogP contribution < -0.4 is 4.74 Å². The smallest absolute Gasteiger partial charge is 0.202 e. The van der Waals surface area contributed by atoms with Gasteiger partial charge in [0.1, 0.15) is 5.75 Å². The van der Waals surface area contributed by atoms with Crippen LogP contribution in [-0.2, 0) is 4.74 Å². The van der Waals surface area contributed by atoms with Gasteiger partial charge in [-0.05, 0) is 38.3 Å². The second-order valence-electron chi connectivity index (χ2n) is 6.65. The zero-order valence-corrected chi connectivity index (χ0v) is 15.8. The summed E-state index contributed by atoms with van der Waals surface area (Å²) in [5, 5.41) is 2.12. The fourth-order valence-corrected chi connectivity index (χ4v) is 3.60. The summed E-state index contributed by atoms with van der Waals surface area (Å²) in [6.07, 6.45) is 0. The van der Waals surface area contributed by atoms with E-state index in [1.165, 1.54) is 0 Å². The van der Waals surface area contributed by atoms with Crippen LogP contribution in [0.1, 0.15) is 34.7 Å². The van der Waals surface area contributed by atoms with E-state index in [0.29, 0.717) is 12.2 Å². The van der Waals surface area contributed by atoms with Crippen molar-refractivity contribution >= 4 is 16.6 Å². The Balaban J connectivity index is 1.79. The molecule has 4 nitrogen and oxygen atoms in total. The average Bonchev–Trinajstić information content (AvgIpc) is 2.94. The molecule has 0 aliphatic heterocycles. The number of carbonyl (C=O) groups excluding carboxylic acids is 1. The predicted octanol–water partition coefficient (Wildman–Crippen LogP) is 4.73. The molecule has 0 aliphatic rings. The molecule has 136 valence electrons. The van der Waals surface area contributed by atoms with Crippen LogP contribution >= 0.6 is 0 Å². The van der Waals surface area contributed by atoms with Gasteiger partial charge in [0.25, 0.3) is 0 Å². The molecule has 0 aliphatic carbocycles. The highest BCUT2D eigenvalue weighted by molar-refractivity contribution is 5.99. The van der Waals surface area contributed by atoms with Crippen LogP contribution in [0.4, 0.5) is 0 Å². The van der Waals surface area contributed by atoms with Crippen molar-refractivity contribution in [3.05, 3.63) is 65.5 Å². The van der Waals surface area contributed by atoms with Crippen molar-refractivity contribution in [1.29, 1.82) is 0 Å². The van der Waals surface area contributed by atoms with E-state index in [-0.39, 0.29) is 18.4 Å². The SMILES string of the molecule is COC[C@H](C)n1c(C)cc(C(=O)COc2cccc3ccccc23)c1C. The molecule has 0 fully saturated rings. The minimum absolute atomic E-state index is 0.0121. The summed E-state index contributed by atoms with van der Waals surface area (Å²) in [4.78, 5) is 12.8. The Kier molecular flexibility index (Phi) is 5.43. The van der Waals surface area contributed by atoms with Crippen molar-refractivity contribution in [2.45, 2.75) is 26.8 Å². The van der Waals surface area contributed by atoms with Gasteiger partial charge in [0.15, 0.2) is 6.61 Å². The largest absolute Gasteiger partial charge is 0.485 e. The molecule has 0 unspecified atom stereocenters. The van der Waals surface area contributed by atoms with Gasteiger partial charge in [-0.15, -0.1) is 0 Å². The summed E-state index contributed by atoms with van der Waals surface area (Å²) in [5.74, 6) is 0.722. The summed E-state index contributed by atoms with van der Waals surface area (Å²) in [6, 6.07) is 16.0. The lowest BCUT2D eigenvalue weighted by Crippen LogP contribution is -2.16. The lowest BCUT2D eigenvalue weighted by molar-refractivity contribution is 0.0921. The van der Waals surface area contributed by atoms with Crippen LogP contribution in [0.15, 0.2) is 48.5 Å². The molecule has 2 aromatic carbocycles. The number of rotatable bonds is 7. The molecule has 1 heterocycles. The number of Topliss-reactive ketones (excluding diaryl/α,β-unsaturated/α-hetero) is 1. The average molecular weight is 351 g/mol. The Hall–Kier alpha value is -2.59. The van der Waals surface area contributed by atoms with E-state index >= 15 is 0 Å². The van der Waals surface area contributed by atoms with Gasteiger partial charge < -0.3 is 14.0 Å². The molecular weight excluding hydrogens is 326 g/mol. The molecule has 0 radical (unpaired) electrons. The molecule has 26 heavy (non-hydrogen) atoms. The lowest BCUT2D eigenvalue weighted by Gasteiger charge is -2.17. The zero-order chi connectivity index (χ0) is 18.7. The van der Waals surface area contributed by atoms with E-state index in [0.717, 1.165) is 27.9 Å². The van der Waals surface area contributed by atoms with Crippen molar-refractivity contribution in [1.82, 2.24) is 4.57 Å². The highest BCUT2D eigenvalue weighted by atomic mass is 16.5. The molecule has 1 atom stereocenters. The second kappa shape index (κ2) is 7.75. The van der Waals surface area contributed by atoms with E-state index < -0.39 is 0 Å². The molecular formula is C22H25NO3. The van der Waals surface area contributed by atoms with Crippen LogP contribution in [0.5, 0.6) is 5.75 Å². The molecule has 3 aromatic rings. The molecule has 0 bridgehead atoms. The molecule has 0 N–H and O–H groups in total. The Morgan fingerprint density at radius 2 is 1.85 bits per heavy atom. The number of fused-ring (bicyclic) bond motifs is 1. The first kappa shape index (κ1) is 18.2. The van der Waals surface area contributed by atoms with Gasteiger partial charge >= 0.3 is 0 Å². The maximum atomic E-state index is 12.8. The van der Waals surface area contributed by atoms with E-state index in [1.807, 2.05) is 62.4 Å². The third-order valence-corrected chi connectivity index (χ3v) is 4.74. The normalized spacial score (nSPS) is 12.3. The van der Waals surface area contributed by atoms with Crippen molar-refractivity contribution < 1.29 is 14.3 Å². The minimum Gasteiger partial charge on any atom is -0.485 e. The van der Waals surface area contributed by atoms with Gasteiger partial charge in [-0.3, -0.25) is 4.79 Å². The monoisotopic (exact) mass is 351 g/mol. The number of methoxy groups -OCH3 is 1. The van der Waals surface area contributed by atoms with Crippen molar-refractivity contribution in [3.8, 4) is 5.75 Å². The first-order chi connectivity index (χ1) is 12.5. The van der Waals surface area contributed by atoms with E-state index in [4.69, 9.17) is 9.47 Å². The van der Waals surface area contributed by atoms with Crippen molar-refractivity contribution in [2.75, 3.05) is 20.3 Å². The molecule has 3 rings (SSSR count). The van der Waals surface area contributed by atoms with Gasteiger partial charge in [0.05, 0.1) is 12.6 Å². The van der Waals surface area contributed by atoms with Gasteiger partial charge in [0.2, 0.25) is 5.78 Å². The number of ketones is 1. The van der Waals surface area contributed by atoms with E-state index in [2.05, 4.69) is 11.5 Å². The van der Waals surface area contributed by atoms with Crippen LogP contribution in [0.3, 0.4) is 0 Å². The first-order valence-corrected chi connectivity index (χ1v) is 8.84. The van der Waals surface area contributed by atoms with Gasteiger partial charge in [0, 0.05) is 29.4 Å². The zero-order valence-electron chi connectivity index (χ0n) is 15.8. The summed E-state index contributed by atoms with van der Waals surface area (Å²) in [7, 11) is 1.69. The summed E-state index contributed by atoms with van der Waals surface area (Å²) < 4.78 is 13.3. The molecule has 4 heteroatoms. The standard InChI is InChI=1S/C22H25NO3/c1-15-12-20(17(3)23(15)16(2)13-25-4)21(24)14-26-22-11-7-9-18-8-5-6-10-19(18)22/h5-12,16H,13-14H2,1-4H3/t16-/m0/s1. The highest BCUT2D eigenvalue weighted by Crippen LogP contribution is 2.26. The summed E-state index contributed by atoms with van der Waals surface area (Å²) in [5.41, 5.74) is 2.73. The second-order valence-corrected chi connectivity index (χ2v) is 6.65. The molecule has 0 amide bonds. The maximum absolute atomic E-state index is 12.8. The summed E-state index contributed by atoms with van der Waals surface area (Å²) >= 11 is 0. The number of carbonyl (C=O) groups is 1. The minimum atomic E-state index is -0.0121. The van der Waals surface area contributed by atoms with Crippen LogP contribution in [0.2, 0.25) is 0 Å². The number of ether oxygens (including phenoxy) is 2. The third kappa shape index (κ3) is 3.51. The Bertz CT molecular complexity index is 921. The Labute approximate surface area is 154 Å². The topological polar surface area (TPSA) is 40.5 Å². The van der Waals surface area contributed by atoms with Gasteiger partial charge in [-0.1, -0.05) is 36.4 Å². The van der Waals surface area contributed by atoms with Crippen molar-refractivity contribution in [2.24, 2.45) is 0 Å². The number of nitrogens with zero attached hydrogens (tertiary/aromatic N) is 1. The predicted molar refractivity (Wildman–Crippen MR) is 104 cm³/mol. The fraction of sp³-hybridized carbons (Fsp3) is 0.318. The van der Waals surface area contributed by atoms with E-state index in [1.54, 1.807) is 7.11 Å². The maximum Gasteiger partial charge on any atom is 0.202 e. The quantitative estimate of drug-likeness (QED) is 0.578. The van der Waals surface area contributed by atoms with E-state index in [9.17, 15) is 4.79 Å². The van der Waals surface area contributed by atoms with Crippen molar-refractivity contribution in [3.63, 3.8) is 0 Å². The fourth-order valence-electron chi connectivity index (χ4n) is 3.60. The number of hydrogen-bond acceptors (Lipinski definition) is 3. The molecule has 0 spiro atoms. The van der Waals surface area contributed by atoms with Crippen LogP contribution in [0.25, 0.3) is 10.8 Å². The van der Waals surface area contributed by atoms with Gasteiger partial charge in [-0.2, -0.15) is 0 Å². The molecule has 1 aromatic heterocycles. The number of benzene rings is 2. The Morgan fingerprint density at radius 1 is 1.12 bits per heavy atom. The first-order valence-electron chi connectivity index (χ1n) is 8.84.